The van der Waals surface area contributed by atoms with Crippen LogP contribution in [-0.2, 0) is 20.3 Å². The lowest BCUT2D eigenvalue weighted by atomic mass is 9.90. The number of anilines is 1. The molecular weight excluding hydrogens is 384 g/mol. The van der Waals surface area contributed by atoms with Crippen LogP contribution in [0.3, 0.4) is 0 Å². The third kappa shape index (κ3) is 5.80. The molecule has 0 aliphatic carbocycles. The van der Waals surface area contributed by atoms with Crippen LogP contribution in [0.1, 0.15) is 40.2 Å². The van der Waals surface area contributed by atoms with Crippen molar-refractivity contribution < 1.29 is 27.3 Å². The van der Waals surface area contributed by atoms with Gasteiger partial charge in [0.2, 0.25) is 0 Å². The van der Waals surface area contributed by atoms with Gasteiger partial charge in [0.15, 0.2) is 0 Å². The van der Waals surface area contributed by atoms with E-state index in [1.165, 1.54) is 12.2 Å². The molecular formula is C20H24BF3N2O3. The first-order valence-electron chi connectivity index (χ1n) is 9.07. The Hall–Kier alpha value is -2.39. The van der Waals surface area contributed by atoms with Gasteiger partial charge in [-0.3, -0.25) is 4.79 Å². The smallest absolute Gasteiger partial charge is 0.400 e. The van der Waals surface area contributed by atoms with Crippen LogP contribution < -0.4 is 5.32 Å². The van der Waals surface area contributed by atoms with E-state index in [0.717, 1.165) is 18.3 Å². The summed E-state index contributed by atoms with van der Waals surface area (Å²) >= 11 is 0. The summed E-state index contributed by atoms with van der Waals surface area (Å²) in [6.07, 6.45) is 2.79. The highest BCUT2D eigenvalue weighted by Crippen LogP contribution is 2.36. The van der Waals surface area contributed by atoms with Gasteiger partial charge in [-0.05, 0) is 46.8 Å². The standard InChI is InChI=1S/C20H24BF3N2O3/c1-6-8-14(9-7-11-21-28-18(2,3)19(4,5)29-21)17(27)26-16-13-15(10-12-25-16)20(22,23)24/h6-13H,1-5H3,(H,25,26,27)/b8-6-,11-7+,14-9+. The SMILES string of the molecule is C\C=C/C(=C\C=C\B1OC(C)(C)C(C)(C)O1)C(=O)Nc1cc(C(F)(F)F)ccn1. The van der Waals surface area contributed by atoms with Crippen LogP contribution in [0, 0.1) is 0 Å². The molecule has 29 heavy (non-hydrogen) atoms. The number of carbonyl (C=O) groups is 1. The maximum atomic E-state index is 12.8. The average molecular weight is 408 g/mol. The highest BCUT2D eigenvalue weighted by Gasteiger charge is 2.49. The lowest BCUT2D eigenvalue weighted by molar-refractivity contribution is -0.137. The van der Waals surface area contributed by atoms with Crippen molar-refractivity contribution in [1.82, 2.24) is 4.98 Å². The van der Waals surface area contributed by atoms with E-state index in [0.29, 0.717) is 0 Å². The Morgan fingerprint density at radius 2 is 1.83 bits per heavy atom. The molecule has 0 unspecified atom stereocenters. The molecule has 0 aromatic carbocycles. The van der Waals surface area contributed by atoms with E-state index in [1.807, 2.05) is 27.7 Å². The minimum absolute atomic E-state index is 0.185. The maximum Gasteiger partial charge on any atom is 0.487 e. The lowest BCUT2D eigenvalue weighted by Gasteiger charge is -2.32. The monoisotopic (exact) mass is 408 g/mol. The predicted octanol–water partition coefficient (Wildman–Crippen LogP) is 4.73. The van der Waals surface area contributed by atoms with Gasteiger partial charge in [-0.1, -0.05) is 30.3 Å². The summed E-state index contributed by atoms with van der Waals surface area (Å²) in [6.45, 7) is 9.44. The van der Waals surface area contributed by atoms with Gasteiger partial charge in [0, 0.05) is 11.8 Å². The molecule has 9 heteroatoms. The molecule has 1 aromatic rings. The summed E-state index contributed by atoms with van der Waals surface area (Å²) in [7, 11) is -0.573. The van der Waals surface area contributed by atoms with Gasteiger partial charge in [-0.15, -0.1) is 0 Å². The number of nitrogens with zero attached hydrogens (tertiary/aromatic N) is 1. The number of amides is 1. The predicted molar refractivity (Wildman–Crippen MR) is 106 cm³/mol. The van der Waals surface area contributed by atoms with E-state index in [-0.39, 0.29) is 11.4 Å². The molecule has 156 valence electrons. The number of halogens is 3. The molecule has 0 spiro atoms. The van der Waals surface area contributed by atoms with Crippen molar-refractivity contribution >= 4 is 18.8 Å². The molecule has 0 saturated carbocycles. The van der Waals surface area contributed by atoms with E-state index in [2.05, 4.69) is 10.3 Å². The number of aromatic nitrogens is 1. The van der Waals surface area contributed by atoms with E-state index in [9.17, 15) is 18.0 Å². The zero-order chi connectivity index (χ0) is 21.9. The molecule has 2 rings (SSSR count). The Morgan fingerprint density at radius 1 is 1.21 bits per heavy atom. The van der Waals surface area contributed by atoms with Crippen molar-refractivity contribution in [2.24, 2.45) is 0 Å². The molecule has 0 bridgehead atoms. The summed E-state index contributed by atoms with van der Waals surface area (Å²) in [5.74, 6) is 0.888. The minimum atomic E-state index is -4.52. The van der Waals surface area contributed by atoms with Gasteiger partial charge >= 0.3 is 13.3 Å². The summed E-state index contributed by atoms with van der Waals surface area (Å²) in [4.78, 5) is 16.2. The largest absolute Gasteiger partial charge is 0.487 e. The van der Waals surface area contributed by atoms with Crippen LogP contribution in [0.25, 0.3) is 0 Å². The van der Waals surface area contributed by atoms with Crippen molar-refractivity contribution in [3.05, 3.63) is 59.7 Å². The second-order valence-electron chi connectivity index (χ2n) is 7.51. The fourth-order valence-corrected chi connectivity index (χ4v) is 2.47. The maximum absolute atomic E-state index is 12.8. The summed E-state index contributed by atoms with van der Waals surface area (Å²) in [5, 5.41) is 2.38. The molecule has 1 amide bonds. The van der Waals surface area contributed by atoms with Crippen molar-refractivity contribution in [2.75, 3.05) is 5.32 Å². The normalized spacial score (nSPS) is 19.3. The molecule has 0 radical (unpaired) electrons. The molecule has 1 aromatic heterocycles. The minimum Gasteiger partial charge on any atom is -0.400 e. The first-order chi connectivity index (χ1) is 13.4. The summed E-state index contributed by atoms with van der Waals surface area (Å²) < 4.78 is 50.1. The number of hydrogen-bond donors (Lipinski definition) is 1. The molecule has 2 heterocycles. The second-order valence-corrected chi connectivity index (χ2v) is 7.51. The number of alkyl halides is 3. The van der Waals surface area contributed by atoms with E-state index in [1.54, 1.807) is 25.1 Å². The zero-order valence-electron chi connectivity index (χ0n) is 17.0. The zero-order valence-corrected chi connectivity index (χ0v) is 17.0. The van der Waals surface area contributed by atoms with Crippen molar-refractivity contribution in [1.29, 1.82) is 0 Å². The van der Waals surface area contributed by atoms with Crippen LogP contribution in [0.5, 0.6) is 0 Å². The number of rotatable bonds is 5. The molecule has 5 nitrogen and oxygen atoms in total. The number of carbonyl (C=O) groups excluding carboxylic acids is 1. The third-order valence-corrected chi connectivity index (χ3v) is 4.75. The highest BCUT2D eigenvalue weighted by molar-refractivity contribution is 6.51. The number of hydrogen-bond acceptors (Lipinski definition) is 4. The molecule has 1 saturated heterocycles. The van der Waals surface area contributed by atoms with Crippen LogP contribution in [-0.4, -0.2) is 29.2 Å². The van der Waals surface area contributed by atoms with Gasteiger partial charge in [-0.2, -0.15) is 13.2 Å². The lowest BCUT2D eigenvalue weighted by Crippen LogP contribution is -2.41. The third-order valence-electron chi connectivity index (χ3n) is 4.75. The Kier molecular flexibility index (Phi) is 6.75. The molecule has 1 aliphatic rings. The van der Waals surface area contributed by atoms with Crippen LogP contribution in [0.15, 0.2) is 54.2 Å². The number of nitrogens with one attached hydrogen (secondary N) is 1. The van der Waals surface area contributed by atoms with E-state index >= 15 is 0 Å². The number of pyridine rings is 1. The summed E-state index contributed by atoms with van der Waals surface area (Å²) in [6, 6.07) is 1.62. The van der Waals surface area contributed by atoms with Crippen molar-refractivity contribution in [3.63, 3.8) is 0 Å². The van der Waals surface area contributed by atoms with Gasteiger partial charge in [-0.25, -0.2) is 4.98 Å². The average Bonchev–Trinajstić information content (AvgIpc) is 2.80. The van der Waals surface area contributed by atoms with E-state index < -0.39 is 36.0 Å². The van der Waals surface area contributed by atoms with E-state index in [4.69, 9.17) is 9.31 Å². The molecule has 1 aliphatic heterocycles. The van der Waals surface area contributed by atoms with Gasteiger partial charge in [0.05, 0.1) is 16.8 Å². The van der Waals surface area contributed by atoms with Gasteiger partial charge < -0.3 is 14.6 Å². The van der Waals surface area contributed by atoms with Crippen molar-refractivity contribution in [2.45, 2.75) is 52.0 Å². The molecule has 1 fully saturated rings. The van der Waals surface area contributed by atoms with Crippen molar-refractivity contribution in [3.8, 4) is 0 Å². The van der Waals surface area contributed by atoms with Gasteiger partial charge in [0.1, 0.15) is 5.82 Å². The molecule has 0 atom stereocenters. The fourth-order valence-electron chi connectivity index (χ4n) is 2.47. The Labute approximate surface area is 168 Å². The molecule has 1 N–H and O–H groups in total. The van der Waals surface area contributed by atoms with Gasteiger partial charge in [0.25, 0.3) is 5.91 Å². The van der Waals surface area contributed by atoms with Crippen LogP contribution >= 0.6 is 0 Å². The topological polar surface area (TPSA) is 60.5 Å². The fraction of sp³-hybridized carbons (Fsp3) is 0.400. The Balaban J connectivity index is 2.12. The highest BCUT2D eigenvalue weighted by atomic mass is 19.4. The quantitative estimate of drug-likeness (QED) is 0.435. The Morgan fingerprint density at radius 3 is 2.38 bits per heavy atom. The Bertz CT molecular complexity index is 830. The summed E-state index contributed by atoms with van der Waals surface area (Å²) in [5.41, 5.74) is -1.62. The second kappa shape index (κ2) is 8.55. The first kappa shape index (κ1) is 22.9. The first-order valence-corrected chi connectivity index (χ1v) is 9.07. The van der Waals surface area contributed by atoms with Crippen LogP contribution in [0.2, 0.25) is 0 Å². The number of allylic oxidation sites excluding steroid dienone is 3. The van der Waals surface area contributed by atoms with Crippen LogP contribution in [0.4, 0.5) is 19.0 Å².